The van der Waals surface area contributed by atoms with Gasteiger partial charge in [0.1, 0.15) is 0 Å². The van der Waals surface area contributed by atoms with Gasteiger partial charge in [-0.05, 0) is 0 Å². The summed E-state index contributed by atoms with van der Waals surface area (Å²) in [6, 6.07) is 9.04. The van der Waals surface area contributed by atoms with E-state index < -0.39 is 0 Å². The first kappa shape index (κ1) is 18.6. The van der Waals surface area contributed by atoms with E-state index in [9.17, 15) is 0 Å². The Morgan fingerprint density at radius 3 is 1.21 bits per heavy atom. The fraction of sp³-hybridized carbons (Fsp3) is 0.444. The maximum Gasteiger partial charge on any atom is 2.00 e. The van der Waals surface area contributed by atoms with Gasteiger partial charge in [-0.15, -0.1) is 0 Å². The van der Waals surface area contributed by atoms with Crippen molar-refractivity contribution in [2.75, 3.05) is 0 Å². The van der Waals surface area contributed by atoms with Crippen LogP contribution in [0.5, 0.6) is 0 Å². The molecule has 0 heterocycles. The predicted molar refractivity (Wildman–Crippen MR) is 81.8 cm³/mol. The minimum absolute atomic E-state index is 0. The molecule has 0 aliphatic rings. The van der Waals surface area contributed by atoms with Crippen LogP contribution in [0.3, 0.4) is 0 Å². The van der Waals surface area contributed by atoms with Gasteiger partial charge in [-0.1, -0.05) is 54.4 Å². The Morgan fingerprint density at radius 1 is 0.789 bits per heavy atom. The molecular formula is C18H26Zr. The maximum absolute atomic E-state index is 2.26. The van der Waals surface area contributed by atoms with Crippen molar-refractivity contribution in [3.8, 4) is 0 Å². The number of rotatable bonds is 2. The van der Waals surface area contributed by atoms with Crippen LogP contribution >= 0.6 is 0 Å². The second kappa shape index (κ2) is 8.69. The van der Waals surface area contributed by atoms with Gasteiger partial charge in [0.25, 0.3) is 0 Å². The number of hydrogen-bond acceptors (Lipinski definition) is 0. The molecule has 0 aromatic heterocycles. The Kier molecular flexibility index (Phi) is 8.50. The third-order valence-corrected chi connectivity index (χ3v) is 3.67. The Bertz CT molecular complexity index is 401. The van der Waals surface area contributed by atoms with E-state index in [-0.39, 0.29) is 26.2 Å². The van der Waals surface area contributed by atoms with Crippen LogP contribution in [0, 0.1) is 27.7 Å². The van der Waals surface area contributed by atoms with Gasteiger partial charge < -0.3 is 0 Å². The average Bonchev–Trinajstić information content (AvgIpc) is 2.84. The van der Waals surface area contributed by atoms with Gasteiger partial charge in [0, 0.05) is 0 Å². The molecule has 0 aliphatic heterocycles. The Balaban J connectivity index is 0.000000324. The number of aryl methyl sites for hydroxylation is 6. The van der Waals surface area contributed by atoms with E-state index in [1.807, 2.05) is 0 Å². The van der Waals surface area contributed by atoms with Crippen LogP contribution in [0.15, 0.2) is 24.3 Å². The number of hydrogen-bond donors (Lipinski definition) is 0. The maximum atomic E-state index is 2.26. The third kappa shape index (κ3) is 5.61. The zero-order valence-corrected chi connectivity index (χ0v) is 15.7. The summed E-state index contributed by atoms with van der Waals surface area (Å²) in [6.07, 6.45) is 2.32. The molecule has 2 aromatic rings. The van der Waals surface area contributed by atoms with Crippen molar-refractivity contribution < 1.29 is 26.2 Å². The molecule has 1 heteroatoms. The molecule has 19 heavy (non-hydrogen) atoms. The van der Waals surface area contributed by atoms with Gasteiger partial charge in [-0.25, -0.2) is 12.1 Å². The van der Waals surface area contributed by atoms with Crippen LogP contribution in [-0.2, 0) is 39.0 Å². The molecule has 0 radical (unpaired) electrons. The van der Waals surface area contributed by atoms with Gasteiger partial charge in [-0.3, -0.25) is 0 Å². The first-order valence-corrected chi connectivity index (χ1v) is 6.93. The van der Waals surface area contributed by atoms with Crippen LogP contribution < -0.4 is 0 Å². The van der Waals surface area contributed by atoms with E-state index in [0.29, 0.717) is 0 Å². The Hall–Kier alpha value is -0.417. The van der Waals surface area contributed by atoms with E-state index >= 15 is 0 Å². The molecule has 2 aromatic carbocycles. The minimum Gasteiger partial charge on any atom is -0.207 e. The average molecular weight is 334 g/mol. The van der Waals surface area contributed by atoms with Crippen molar-refractivity contribution >= 4 is 0 Å². The summed E-state index contributed by atoms with van der Waals surface area (Å²) in [5.74, 6) is 0. The van der Waals surface area contributed by atoms with E-state index in [4.69, 9.17) is 0 Å². The van der Waals surface area contributed by atoms with E-state index in [1.165, 1.54) is 33.4 Å². The van der Waals surface area contributed by atoms with Crippen LogP contribution in [0.4, 0.5) is 0 Å². The summed E-state index contributed by atoms with van der Waals surface area (Å²) in [5.41, 5.74) is 8.62. The summed E-state index contributed by atoms with van der Waals surface area (Å²) in [6.45, 7) is 13.0. The minimum atomic E-state index is 0. The second-order valence-electron chi connectivity index (χ2n) is 5.17. The smallest absolute Gasteiger partial charge is 0.207 e. The van der Waals surface area contributed by atoms with E-state index in [2.05, 4.69) is 65.8 Å². The van der Waals surface area contributed by atoms with Crippen LogP contribution in [0.1, 0.15) is 47.2 Å². The summed E-state index contributed by atoms with van der Waals surface area (Å²) >= 11 is 0. The molecule has 0 saturated carbocycles. The van der Waals surface area contributed by atoms with Crippen molar-refractivity contribution in [3.63, 3.8) is 0 Å². The first-order chi connectivity index (χ1) is 8.47. The predicted octanol–water partition coefficient (Wildman–Crippen LogP) is 5.17. The SMILES string of the molecule is CCc1cc(C)[c-](C)c1.CCc1cc(C)[c-](C)c1.[Zr+2]. The largest absolute Gasteiger partial charge is 2.00 e. The van der Waals surface area contributed by atoms with Gasteiger partial charge >= 0.3 is 26.2 Å². The fourth-order valence-corrected chi connectivity index (χ4v) is 2.06. The molecular weight excluding hydrogens is 307 g/mol. The van der Waals surface area contributed by atoms with Crippen LogP contribution in [-0.4, -0.2) is 0 Å². The van der Waals surface area contributed by atoms with E-state index in [1.54, 1.807) is 0 Å². The van der Waals surface area contributed by atoms with Gasteiger partial charge in [-0.2, -0.15) is 45.5 Å². The van der Waals surface area contributed by atoms with Crippen LogP contribution in [0.2, 0.25) is 0 Å². The molecule has 0 aliphatic carbocycles. The summed E-state index contributed by atoms with van der Waals surface area (Å²) in [7, 11) is 0. The van der Waals surface area contributed by atoms with Gasteiger partial charge in [0.2, 0.25) is 0 Å². The van der Waals surface area contributed by atoms with Crippen molar-refractivity contribution in [2.24, 2.45) is 0 Å². The summed E-state index contributed by atoms with van der Waals surface area (Å²) in [5, 5.41) is 0. The van der Waals surface area contributed by atoms with E-state index in [0.717, 1.165) is 12.8 Å². The van der Waals surface area contributed by atoms with Crippen molar-refractivity contribution in [1.29, 1.82) is 0 Å². The van der Waals surface area contributed by atoms with Gasteiger partial charge in [0.15, 0.2) is 0 Å². The zero-order chi connectivity index (χ0) is 13.7. The molecule has 0 fully saturated rings. The topological polar surface area (TPSA) is 0 Å². The molecule has 0 saturated heterocycles. The first-order valence-electron chi connectivity index (χ1n) is 6.93. The fourth-order valence-electron chi connectivity index (χ4n) is 2.06. The molecule has 2 rings (SSSR count). The molecule has 0 unspecified atom stereocenters. The summed E-state index contributed by atoms with van der Waals surface area (Å²) < 4.78 is 0. The molecule has 0 N–H and O–H groups in total. The standard InChI is InChI=1S/2C9H13.Zr/c2*1-4-9-5-7(2)8(3)6-9;/h2*5-6H,4H2,1-3H3;/q2*-1;+2. The molecule has 0 amide bonds. The molecule has 0 bridgehead atoms. The summed E-state index contributed by atoms with van der Waals surface area (Å²) in [4.78, 5) is 0. The monoisotopic (exact) mass is 332 g/mol. The van der Waals surface area contributed by atoms with Gasteiger partial charge in [0.05, 0.1) is 0 Å². The van der Waals surface area contributed by atoms with Crippen molar-refractivity contribution in [1.82, 2.24) is 0 Å². The zero-order valence-electron chi connectivity index (χ0n) is 13.2. The van der Waals surface area contributed by atoms with Crippen LogP contribution in [0.25, 0.3) is 0 Å². The van der Waals surface area contributed by atoms with Crippen molar-refractivity contribution in [3.05, 3.63) is 57.6 Å². The molecule has 0 spiro atoms. The quantitative estimate of drug-likeness (QED) is 0.665. The molecule has 102 valence electrons. The molecule has 0 atom stereocenters. The Morgan fingerprint density at radius 2 is 1.11 bits per heavy atom. The third-order valence-electron chi connectivity index (χ3n) is 3.67. The normalized spacial score (nSPS) is 9.58. The second-order valence-corrected chi connectivity index (χ2v) is 5.17. The molecule has 0 nitrogen and oxygen atoms in total. The van der Waals surface area contributed by atoms with Crippen molar-refractivity contribution in [2.45, 2.75) is 54.4 Å². The Labute approximate surface area is 138 Å².